The highest BCUT2D eigenvalue weighted by Crippen LogP contribution is 2.42. The number of ketones is 1. The fourth-order valence-corrected chi connectivity index (χ4v) is 5.98. The minimum absolute atomic E-state index is 0.0488. The lowest BCUT2D eigenvalue weighted by molar-refractivity contribution is -0.732. The quantitative estimate of drug-likeness (QED) is 0.412. The average Bonchev–Trinajstić information content (AvgIpc) is 3.53. The number of nitrogens with zero attached hydrogens (tertiary/aromatic N) is 3. The Balaban J connectivity index is 1.30. The number of ether oxygens (including phenoxy) is 1. The molecule has 0 amide bonds. The molecule has 174 valence electrons. The molecule has 2 aliphatic rings. The first-order chi connectivity index (χ1) is 15.9. The molecule has 0 N–H and O–H groups in total. The number of benzene rings is 1. The van der Waals surface area contributed by atoms with Crippen molar-refractivity contribution >= 4 is 22.7 Å². The molecule has 33 heavy (non-hydrogen) atoms. The molecule has 1 unspecified atom stereocenters. The number of Topliss-reactive ketones (excluding diaryl/α,β-unsaturated/α-hetero) is 1. The van der Waals surface area contributed by atoms with Crippen molar-refractivity contribution in [3.63, 3.8) is 0 Å². The third-order valence-electron chi connectivity index (χ3n) is 8.26. The van der Waals surface area contributed by atoms with Gasteiger partial charge < -0.3 is 9.30 Å². The van der Waals surface area contributed by atoms with Gasteiger partial charge >= 0.3 is 5.97 Å². The van der Waals surface area contributed by atoms with Crippen molar-refractivity contribution in [3.05, 3.63) is 53.7 Å². The lowest BCUT2D eigenvalue weighted by atomic mass is 9.84. The van der Waals surface area contributed by atoms with Crippen LogP contribution < -0.4 is 4.57 Å². The first kappa shape index (κ1) is 21.9. The minimum Gasteiger partial charge on any atom is -0.424 e. The van der Waals surface area contributed by atoms with Crippen LogP contribution in [0.25, 0.3) is 10.9 Å². The number of rotatable bonds is 6. The summed E-state index contributed by atoms with van der Waals surface area (Å²) in [5, 5.41) is 1.06. The minimum atomic E-state index is -0.290. The van der Waals surface area contributed by atoms with Crippen molar-refractivity contribution in [3.8, 4) is 0 Å². The molecule has 2 aromatic heterocycles. The van der Waals surface area contributed by atoms with E-state index in [1.807, 2.05) is 36.0 Å². The summed E-state index contributed by atoms with van der Waals surface area (Å²) in [6, 6.07) is 8.18. The van der Waals surface area contributed by atoms with Crippen LogP contribution >= 0.6 is 0 Å². The number of esters is 1. The highest BCUT2D eigenvalue weighted by Gasteiger charge is 2.41. The van der Waals surface area contributed by atoms with Crippen LogP contribution in [0.5, 0.6) is 0 Å². The number of aromatic nitrogens is 3. The van der Waals surface area contributed by atoms with Crippen molar-refractivity contribution < 1.29 is 18.9 Å². The summed E-state index contributed by atoms with van der Waals surface area (Å²) in [6.07, 6.45) is 10.7. The van der Waals surface area contributed by atoms with Crippen LogP contribution in [0, 0.1) is 18.3 Å². The Morgan fingerprint density at radius 3 is 2.76 bits per heavy atom. The van der Waals surface area contributed by atoms with Crippen molar-refractivity contribution in [2.45, 2.75) is 72.1 Å². The van der Waals surface area contributed by atoms with Gasteiger partial charge in [-0.05, 0) is 38.2 Å². The molecular formula is C27H34N3O3+. The van der Waals surface area contributed by atoms with Gasteiger partial charge in [-0.3, -0.25) is 9.59 Å². The fraction of sp³-hybridized carbons (Fsp3) is 0.519. The predicted octanol–water partition coefficient (Wildman–Crippen LogP) is 4.49. The monoisotopic (exact) mass is 448 g/mol. The van der Waals surface area contributed by atoms with Gasteiger partial charge in [0.05, 0.1) is 11.3 Å². The summed E-state index contributed by atoms with van der Waals surface area (Å²) in [5.74, 6) is 1.13. The topological polar surface area (TPSA) is 57.1 Å². The van der Waals surface area contributed by atoms with E-state index in [1.54, 1.807) is 0 Å². The highest BCUT2D eigenvalue weighted by molar-refractivity contribution is 6.11. The van der Waals surface area contributed by atoms with Gasteiger partial charge in [0.15, 0.2) is 5.78 Å². The molecule has 0 bridgehead atoms. The third-order valence-corrected chi connectivity index (χ3v) is 8.26. The summed E-state index contributed by atoms with van der Waals surface area (Å²) in [4.78, 5) is 26.3. The molecule has 6 nitrogen and oxygen atoms in total. The van der Waals surface area contributed by atoms with E-state index in [1.165, 1.54) is 0 Å². The van der Waals surface area contributed by atoms with Crippen molar-refractivity contribution in [2.24, 2.45) is 18.4 Å². The second-order valence-electron chi connectivity index (χ2n) is 9.87. The maximum atomic E-state index is 13.5. The fourth-order valence-electron chi connectivity index (χ4n) is 5.98. The van der Waals surface area contributed by atoms with Gasteiger partial charge in [0.2, 0.25) is 6.73 Å². The average molecular weight is 449 g/mol. The number of hydrogen-bond donors (Lipinski definition) is 0. The summed E-state index contributed by atoms with van der Waals surface area (Å²) < 4.78 is 12.0. The molecule has 0 radical (unpaired) electrons. The third kappa shape index (κ3) is 3.60. The molecule has 1 atom stereocenters. The second-order valence-corrected chi connectivity index (χ2v) is 9.87. The van der Waals surface area contributed by atoms with Crippen LogP contribution in [0.1, 0.15) is 67.3 Å². The van der Waals surface area contributed by atoms with Gasteiger partial charge in [0.25, 0.3) is 5.82 Å². The van der Waals surface area contributed by atoms with E-state index >= 15 is 0 Å². The Morgan fingerprint density at radius 2 is 2.00 bits per heavy atom. The van der Waals surface area contributed by atoms with Crippen LogP contribution in [-0.2, 0) is 36.3 Å². The van der Waals surface area contributed by atoms with Crippen LogP contribution in [0.2, 0.25) is 0 Å². The molecule has 2 aliphatic carbocycles. The molecule has 0 aliphatic heterocycles. The van der Waals surface area contributed by atoms with Gasteiger partial charge in [0, 0.05) is 36.1 Å². The number of carbonyl (C=O) groups excluding carboxylic acids is 2. The summed E-state index contributed by atoms with van der Waals surface area (Å²) in [7, 11) is 2.06. The van der Waals surface area contributed by atoms with E-state index < -0.39 is 0 Å². The molecule has 1 fully saturated rings. The number of fused-ring (bicyclic) bond motifs is 3. The van der Waals surface area contributed by atoms with Crippen LogP contribution in [-0.4, -0.2) is 20.9 Å². The Kier molecular flexibility index (Phi) is 5.63. The van der Waals surface area contributed by atoms with Crippen molar-refractivity contribution in [2.75, 3.05) is 0 Å². The van der Waals surface area contributed by atoms with Crippen molar-refractivity contribution in [1.82, 2.24) is 9.13 Å². The summed E-state index contributed by atoms with van der Waals surface area (Å²) in [5.41, 5.74) is 2.89. The maximum absolute atomic E-state index is 13.5. The smallest absolute Gasteiger partial charge is 0.315 e. The second kappa shape index (κ2) is 8.47. The molecule has 6 heteroatoms. The molecule has 1 aromatic carbocycles. The number of carbonyl (C=O) groups is 2. The summed E-state index contributed by atoms with van der Waals surface area (Å²) >= 11 is 0. The lowest BCUT2D eigenvalue weighted by Gasteiger charge is -2.24. The molecule has 5 rings (SSSR count). The Labute approximate surface area is 195 Å². The zero-order valence-electron chi connectivity index (χ0n) is 20.0. The van der Waals surface area contributed by atoms with E-state index in [0.29, 0.717) is 6.54 Å². The van der Waals surface area contributed by atoms with E-state index in [-0.39, 0.29) is 29.8 Å². The predicted molar refractivity (Wildman–Crippen MR) is 126 cm³/mol. The highest BCUT2D eigenvalue weighted by atomic mass is 16.5. The number of aryl methyl sites for hydroxylation is 1. The van der Waals surface area contributed by atoms with Gasteiger partial charge in [-0.25, -0.2) is 4.57 Å². The van der Waals surface area contributed by atoms with E-state index in [0.717, 1.165) is 72.9 Å². The van der Waals surface area contributed by atoms with Gasteiger partial charge in [-0.2, -0.15) is 4.57 Å². The SMILES string of the molecule is CCC1(C(=O)OC[n+]2ccn(CC3CCc4c(c5ccccc5n4C)C3=O)c2C)CCCC1. The van der Waals surface area contributed by atoms with Crippen molar-refractivity contribution in [1.29, 1.82) is 0 Å². The molecule has 1 saturated carbocycles. The van der Waals surface area contributed by atoms with E-state index in [9.17, 15) is 9.59 Å². The largest absolute Gasteiger partial charge is 0.424 e. The zero-order valence-corrected chi connectivity index (χ0v) is 20.0. The van der Waals surface area contributed by atoms with Gasteiger partial charge in [0.1, 0.15) is 18.9 Å². The van der Waals surface area contributed by atoms with Gasteiger partial charge in [-0.15, -0.1) is 0 Å². The van der Waals surface area contributed by atoms with Gasteiger partial charge in [-0.1, -0.05) is 38.0 Å². The van der Waals surface area contributed by atoms with Crippen LogP contribution in [0.15, 0.2) is 36.7 Å². The standard InChI is InChI=1S/C27H34N3O3/c1-4-27(13-7-8-14-27)26(32)33-18-30-16-15-29(19(30)2)17-20-11-12-23-24(25(20)31)21-9-5-6-10-22(21)28(23)3/h5-6,9-10,15-16,20H,4,7-8,11-14,17-18H2,1-3H3/q+1. The van der Waals surface area contributed by atoms with E-state index in [2.05, 4.69) is 35.2 Å². The first-order valence-corrected chi connectivity index (χ1v) is 12.3. The maximum Gasteiger partial charge on any atom is 0.315 e. The normalized spacial score (nSPS) is 19.7. The Morgan fingerprint density at radius 1 is 1.24 bits per heavy atom. The van der Waals surface area contributed by atoms with E-state index in [4.69, 9.17) is 4.74 Å². The molecule has 3 aromatic rings. The number of hydrogen-bond acceptors (Lipinski definition) is 3. The molecular weight excluding hydrogens is 414 g/mol. The first-order valence-electron chi connectivity index (χ1n) is 12.3. The zero-order chi connectivity index (χ0) is 23.2. The molecule has 0 spiro atoms. The lowest BCUT2D eigenvalue weighted by Crippen LogP contribution is -2.41. The Hall–Kier alpha value is -2.89. The summed E-state index contributed by atoms with van der Waals surface area (Å²) in [6.45, 7) is 4.98. The molecule has 0 saturated heterocycles. The Bertz CT molecular complexity index is 1210. The molecule has 2 heterocycles. The number of para-hydroxylation sites is 1. The van der Waals surface area contributed by atoms with Crippen LogP contribution in [0.4, 0.5) is 0 Å². The number of imidazole rings is 1. The van der Waals surface area contributed by atoms with Crippen LogP contribution in [0.3, 0.4) is 0 Å².